The van der Waals surface area contributed by atoms with E-state index in [1.807, 2.05) is 12.4 Å². The lowest BCUT2D eigenvalue weighted by atomic mass is 10.1. The van der Waals surface area contributed by atoms with Crippen LogP contribution >= 0.6 is 11.3 Å². The van der Waals surface area contributed by atoms with E-state index in [-0.39, 0.29) is 0 Å². The van der Waals surface area contributed by atoms with Crippen LogP contribution in [-0.2, 0) is 16.6 Å². The molecule has 1 aliphatic rings. The zero-order valence-electron chi connectivity index (χ0n) is 10.6. The molecule has 2 rings (SSSR count). The largest absolute Gasteiger partial charge is 0.315 e. The first kappa shape index (κ1) is 14.0. The van der Waals surface area contributed by atoms with Crippen LogP contribution < -0.4 is 10.0 Å². The van der Waals surface area contributed by atoms with E-state index in [2.05, 4.69) is 10.0 Å². The summed E-state index contributed by atoms with van der Waals surface area (Å²) in [5.41, 5.74) is 0. The SMILES string of the molecule is CNCc1sccc1S(=O)(=O)NCC1CCCC1. The Kier molecular flexibility index (Phi) is 4.77. The van der Waals surface area contributed by atoms with Gasteiger partial charge >= 0.3 is 0 Å². The van der Waals surface area contributed by atoms with Crippen molar-refractivity contribution < 1.29 is 8.42 Å². The monoisotopic (exact) mass is 288 g/mol. The summed E-state index contributed by atoms with van der Waals surface area (Å²) < 4.78 is 27.2. The van der Waals surface area contributed by atoms with Crippen LogP contribution in [0.5, 0.6) is 0 Å². The van der Waals surface area contributed by atoms with Crippen molar-refractivity contribution in [2.24, 2.45) is 5.92 Å². The highest BCUT2D eigenvalue weighted by Gasteiger charge is 2.22. The molecular formula is C12H20N2O2S2. The topological polar surface area (TPSA) is 58.2 Å². The third-order valence-corrected chi connectivity index (χ3v) is 5.93. The Bertz CT molecular complexity index is 476. The molecule has 6 heteroatoms. The summed E-state index contributed by atoms with van der Waals surface area (Å²) in [5.74, 6) is 0.520. The van der Waals surface area contributed by atoms with E-state index in [1.54, 1.807) is 6.07 Å². The van der Waals surface area contributed by atoms with Crippen LogP contribution in [0.25, 0.3) is 0 Å². The van der Waals surface area contributed by atoms with Gasteiger partial charge in [-0.3, -0.25) is 0 Å². The van der Waals surface area contributed by atoms with Crippen molar-refractivity contribution in [2.75, 3.05) is 13.6 Å². The molecule has 102 valence electrons. The third-order valence-electron chi connectivity index (χ3n) is 3.37. The Morgan fingerprint density at radius 1 is 1.39 bits per heavy atom. The second kappa shape index (κ2) is 6.14. The van der Waals surface area contributed by atoms with Gasteiger partial charge < -0.3 is 5.32 Å². The molecule has 0 spiro atoms. The summed E-state index contributed by atoms with van der Waals surface area (Å²) in [7, 11) is -1.52. The molecule has 1 aliphatic carbocycles. The summed E-state index contributed by atoms with van der Waals surface area (Å²) in [6.07, 6.45) is 4.76. The molecule has 4 nitrogen and oxygen atoms in total. The van der Waals surface area contributed by atoms with Gasteiger partial charge in [0.1, 0.15) is 0 Å². The normalized spacial score (nSPS) is 17.4. The predicted octanol–water partition coefficient (Wildman–Crippen LogP) is 1.94. The van der Waals surface area contributed by atoms with Crippen LogP contribution in [0, 0.1) is 5.92 Å². The number of nitrogens with one attached hydrogen (secondary N) is 2. The van der Waals surface area contributed by atoms with Gasteiger partial charge in [-0.05, 0) is 37.3 Å². The lowest BCUT2D eigenvalue weighted by Gasteiger charge is -2.11. The number of hydrogen-bond donors (Lipinski definition) is 2. The van der Waals surface area contributed by atoms with E-state index >= 15 is 0 Å². The van der Waals surface area contributed by atoms with E-state index < -0.39 is 10.0 Å². The number of hydrogen-bond acceptors (Lipinski definition) is 4. The molecule has 18 heavy (non-hydrogen) atoms. The fourth-order valence-corrected chi connectivity index (χ4v) is 4.95. The fourth-order valence-electron chi connectivity index (χ4n) is 2.38. The standard InChI is InChI=1S/C12H20N2O2S2/c1-13-9-11-12(6-7-17-11)18(15,16)14-8-10-4-2-3-5-10/h6-7,10,13-14H,2-5,8-9H2,1H3. The minimum absolute atomic E-state index is 0.430. The van der Waals surface area contributed by atoms with Crippen LogP contribution in [0.4, 0.5) is 0 Å². The van der Waals surface area contributed by atoms with Crippen molar-refractivity contribution in [3.05, 3.63) is 16.3 Å². The van der Waals surface area contributed by atoms with E-state index in [0.717, 1.165) is 17.7 Å². The lowest BCUT2D eigenvalue weighted by Crippen LogP contribution is -2.29. The van der Waals surface area contributed by atoms with Crippen molar-refractivity contribution in [1.29, 1.82) is 0 Å². The highest BCUT2D eigenvalue weighted by atomic mass is 32.2. The molecule has 0 aromatic carbocycles. The van der Waals surface area contributed by atoms with Crippen LogP contribution in [0.3, 0.4) is 0 Å². The number of rotatable bonds is 6. The molecule has 1 saturated carbocycles. The molecule has 0 aliphatic heterocycles. The zero-order chi connectivity index (χ0) is 13.0. The van der Waals surface area contributed by atoms with Gasteiger partial charge in [0.2, 0.25) is 10.0 Å². The molecule has 0 atom stereocenters. The molecule has 1 aromatic rings. The van der Waals surface area contributed by atoms with E-state index in [0.29, 0.717) is 23.9 Å². The second-order valence-electron chi connectivity index (χ2n) is 4.74. The van der Waals surface area contributed by atoms with Crippen molar-refractivity contribution in [2.45, 2.75) is 37.1 Å². The predicted molar refractivity (Wildman–Crippen MR) is 74.2 cm³/mol. The quantitative estimate of drug-likeness (QED) is 0.841. The van der Waals surface area contributed by atoms with Crippen molar-refractivity contribution in [1.82, 2.24) is 10.0 Å². The Morgan fingerprint density at radius 3 is 2.78 bits per heavy atom. The van der Waals surface area contributed by atoms with Crippen molar-refractivity contribution in [3.63, 3.8) is 0 Å². The molecule has 0 saturated heterocycles. The van der Waals surface area contributed by atoms with Crippen molar-refractivity contribution in [3.8, 4) is 0 Å². The average Bonchev–Trinajstić information content (AvgIpc) is 2.97. The third kappa shape index (κ3) is 3.32. The molecule has 0 radical (unpaired) electrons. The average molecular weight is 288 g/mol. The molecule has 1 fully saturated rings. The Labute approximate surface area is 113 Å². The minimum Gasteiger partial charge on any atom is -0.315 e. The van der Waals surface area contributed by atoms with Crippen molar-refractivity contribution >= 4 is 21.4 Å². The van der Waals surface area contributed by atoms with Gasteiger partial charge in [0.05, 0.1) is 4.90 Å². The molecule has 1 heterocycles. The molecule has 2 N–H and O–H groups in total. The summed E-state index contributed by atoms with van der Waals surface area (Å²) in [6.45, 7) is 1.18. The van der Waals surface area contributed by atoms with E-state index in [1.165, 1.54) is 24.2 Å². The summed E-state index contributed by atoms with van der Waals surface area (Å²) in [6, 6.07) is 1.69. The minimum atomic E-state index is -3.34. The van der Waals surface area contributed by atoms with Gasteiger partial charge in [0.25, 0.3) is 0 Å². The van der Waals surface area contributed by atoms with Gasteiger partial charge in [0, 0.05) is 18.0 Å². The highest BCUT2D eigenvalue weighted by molar-refractivity contribution is 7.89. The number of thiophene rings is 1. The van der Waals surface area contributed by atoms with Gasteiger partial charge in [-0.2, -0.15) is 0 Å². The first-order chi connectivity index (χ1) is 8.63. The Balaban J connectivity index is 2.02. The van der Waals surface area contributed by atoms with Crippen LogP contribution in [-0.4, -0.2) is 22.0 Å². The molecule has 1 aromatic heterocycles. The van der Waals surface area contributed by atoms with E-state index in [4.69, 9.17) is 0 Å². The van der Waals surface area contributed by atoms with Crippen LogP contribution in [0.1, 0.15) is 30.6 Å². The Morgan fingerprint density at radius 2 is 2.11 bits per heavy atom. The molecule has 0 amide bonds. The maximum Gasteiger partial charge on any atom is 0.241 e. The van der Waals surface area contributed by atoms with Gasteiger partial charge in [-0.1, -0.05) is 12.8 Å². The van der Waals surface area contributed by atoms with Gasteiger partial charge in [0.15, 0.2) is 0 Å². The number of sulfonamides is 1. The molecular weight excluding hydrogens is 268 g/mol. The first-order valence-corrected chi connectivity index (χ1v) is 8.70. The summed E-state index contributed by atoms with van der Waals surface area (Å²) in [5, 5.41) is 4.83. The second-order valence-corrected chi connectivity index (χ2v) is 7.48. The Hall–Kier alpha value is -0.430. The lowest BCUT2D eigenvalue weighted by molar-refractivity contribution is 0.519. The molecule has 0 unspecified atom stereocenters. The fraction of sp³-hybridized carbons (Fsp3) is 0.667. The zero-order valence-corrected chi connectivity index (χ0v) is 12.2. The van der Waals surface area contributed by atoms with Gasteiger partial charge in [-0.25, -0.2) is 13.1 Å². The molecule has 0 bridgehead atoms. The maximum absolute atomic E-state index is 12.2. The van der Waals surface area contributed by atoms with Crippen LogP contribution in [0.15, 0.2) is 16.3 Å². The summed E-state index contributed by atoms with van der Waals surface area (Å²) >= 11 is 1.48. The maximum atomic E-state index is 12.2. The smallest absolute Gasteiger partial charge is 0.241 e. The van der Waals surface area contributed by atoms with E-state index in [9.17, 15) is 8.42 Å². The van der Waals surface area contributed by atoms with Crippen LogP contribution in [0.2, 0.25) is 0 Å². The summed E-state index contributed by atoms with van der Waals surface area (Å²) in [4.78, 5) is 1.30. The highest BCUT2D eigenvalue weighted by Crippen LogP contribution is 2.25. The van der Waals surface area contributed by atoms with Gasteiger partial charge in [-0.15, -0.1) is 11.3 Å². The first-order valence-electron chi connectivity index (χ1n) is 6.34.